The predicted molar refractivity (Wildman–Crippen MR) is 119 cm³/mol. The lowest BCUT2D eigenvalue weighted by molar-refractivity contribution is -0.118. The van der Waals surface area contributed by atoms with Crippen LogP contribution < -0.4 is 5.43 Å². The second kappa shape index (κ2) is 9.06. The number of hydrogen-bond donors (Lipinski definition) is 1. The fourth-order valence-corrected chi connectivity index (χ4v) is 3.83. The van der Waals surface area contributed by atoms with Gasteiger partial charge in [-0.1, -0.05) is 59.8 Å². The summed E-state index contributed by atoms with van der Waals surface area (Å²) < 4.78 is 1.90. The molecule has 0 aliphatic carbocycles. The highest BCUT2D eigenvalue weighted by molar-refractivity contribution is 7.99. The van der Waals surface area contributed by atoms with Gasteiger partial charge in [-0.25, -0.2) is 10.4 Å². The van der Waals surface area contributed by atoms with E-state index in [-0.39, 0.29) is 11.7 Å². The first-order valence-corrected chi connectivity index (χ1v) is 10.5. The number of aromatic nitrogens is 4. The minimum absolute atomic E-state index is 0.145. The number of para-hydroxylation sites is 2. The van der Waals surface area contributed by atoms with Gasteiger partial charge in [0.15, 0.2) is 5.16 Å². The van der Waals surface area contributed by atoms with Crippen LogP contribution in [-0.4, -0.2) is 37.6 Å². The first kappa shape index (κ1) is 20.1. The van der Waals surface area contributed by atoms with E-state index in [9.17, 15) is 4.79 Å². The minimum atomic E-state index is -0.263. The molecule has 0 bridgehead atoms. The van der Waals surface area contributed by atoms with Gasteiger partial charge >= 0.3 is 0 Å². The Bertz CT molecular complexity index is 1220. The second-order valence-corrected chi connectivity index (χ2v) is 7.64. The maximum Gasteiger partial charge on any atom is 0.250 e. The van der Waals surface area contributed by atoms with Crippen LogP contribution in [0.1, 0.15) is 11.4 Å². The zero-order valence-corrected chi connectivity index (χ0v) is 17.6. The molecule has 0 unspecified atom stereocenters. The van der Waals surface area contributed by atoms with E-state index in [4.69, 9.17) is 11.6 Å². The Balaban J connectivity index is 1.39. The zero-order chi connectivity index (χ0) is 20.9. The van der Waals surface area contributed by atoms with Crippen LogP contribution in [0.2, 0.25) is 5.15 Å². The zero-order valence-electron chi connectivity index (χ0n) is 16.0. The molecule has 150 valence electrons. The fourth-order valence-electron chi connectivity index (χ4n) is 2.85. The van der Waals surface area contributed by atoms with Crippen molar-refractivity contribution in [3.8, 4) is 5.69 Å². The molecule has 0 saturated carbocycles. The maximum absolute atomic E-state index is 12.2. The summed E-state index contributed by atoms with van der Waals surface area (Å²) in [6.07, 6.45) is 1.49. The smallest absolute Gasteiger partial charge is 0.250 e. The Hall–Kier alpha value is -3.23. The summed E-state index contributed by atoms with van der Waals surface area (Å²) in [4.78, 5) is 16.5. The van der Waals surface area contributed by atoms with E-state index in [1.807, 2.05) is 72.2 Å². The summed E-state index contributed by atoms with van der Waals surface area (Å²) >= 11 is 7.49. The van der Waals surface area contributed by atoms with Gasteiger partial charge < -0.3 is 0 Å². The molecule has 0 aliphatic heterocycles. The number of carbonyl (C=O) groups excluding carboxylic acids is 1. The number of halogens is 1. The molecule has 7 nitrogen and oxygen atoms in total. The number of hydrogen-bond acceptors (Lipinski definition) is 6. The summed E-state index contributed by atoms with van der Waals surface area (Å²) in [7, 11) is 0. The summed E-state index contributed by atoms with van der Waals surface area (Å²) in [6.45, 7) is 1.87. The highest BCUT2D eigenvalue weighted by Crippen LogP contribution is 2.21. The molecule has 1 N–H and O–H groups in total. The summed E-state index contributed by atoms with van der Waals surface area (Å²) in [6, 6.07) is 19.3. The number of nitrogens with one attached hydrogen (secondary N) is 1. The molecule has 4 rings (SSSR count). The van der Waals surface area contributed by atoms with Gasteiger partial charge in [0.2, 0.25) is 0 Å². The van der Waals surface area contributed by atoms with E-state index in [0.29, 0.717) is 15.9 Å². The summed E-state index contributed by atoms with van der Waals surface area (Å²) in [5.41, 5.74) is 4.88. The number of aryl methyl sites for hydroxylation is 1. The highest BCUT2D eigenvalue weighted by atomic mass is 35.5. The number of rotatable bonds is 6. The second-order valence-electron chi connectivity index (χ2n) is 6.34. The number of hydrazone groups is 1. The Morgan fingerprint density at radius 1 is 1.17 bits per heavy atom. The lowest BCUT2D eigenvalue weighted by Gasteiger charge is -2.07. The van der Waals surface area contributed by atoms with Gasteiger partial charge in [0.25, 0.3) is 5.91 Å². The molecule has 2 aromatic heterocycles. The molecular weight excluding hydrogens is 420 g/mol. The number of pyridine rings is 1. The number of nitrogens with zero attached hydrogens (tertiary/aromatic N) is 5. The van der Waals surface area contributed by atoms with Crippen molar-refractivity contribution in [1.29, 1.82) is 0 Å². The molecule has 0 fully saturated rings. The van der Waals surface area contributed by atoms with Gasteiger partial charge in [-0.05, 0) is 31.2 Å². The van der Waals surface area contributed by atoms with Gasteiger partial charge in [-0.15, -0.1) is 10.2 Å². The molecule has 1 amide bonds. The van der Waals surface area contributed by atoms with Crippen LogP contribution in [0.25, 0.3) is 16.6 Å². The largest absolute Gasteiger partial charge is 0.274 e. The highest BCUT2D eigenvalue weighted by Gasteiger charge is 2.13. The van der Waals surface area contributed by atoms with Gasteiger partial charge in [0.05, 0.1) is 17.5 Å². The van der Waals surface area contributed by atoms with Crippen molar-refractivity contribution in [3.63, 3.8) is 0 Å². The number of thioether (sulfide) groups is 1. The number of carbonyl (C=O) groups is 1. The van der Waals surface area contributed by atoms with E-state index in [2.05, 4.69) is 25.7 Å². The van der Waals surface area contributed by atoms with Crippen LogP contribution in [0.3, 0.4) is 0 Å². The quantitative estimate of drug-likeness (QED) is 0.213. The molecule has 0 atom stereocenters. The van der Waals surface area contributed by atoms with Crippen LogP contribution in [-0.2, 0) is 4.79 Å². The molecule has 0 spiro atoms. The minimum Gasteiger partial charge on any atom is -0.274 e. The van der Waals surface area contributed by atoms with Gasteiger partial charge in [0, 0.05) is 16.6 Å². The SMILES string of the molecule is Cc1nnc(SCC(=O)NN=Cc2cc3ccccc3nc2Cl)n1-c1ccccc1. The van der Waals surface area contributed by atoms with Crippen LogP contribution >= 0.6 is 23.4 Å². The summed E-state index contributed by atoms with van der Waals surface area (Å²) in [5.74, 6) is 0.633. The lowest BCUT2D eigenvalue weighted by atomic mass is 10.2. The van der Waals surface area contributed by atoms with E-state index in [1.54, 1.807) is 0 Å². The Labute approximate surface area is 182 Å². The average molecular weight is 437 g/mol. The topological polar surface area (TPSA) is 85.1 Å². The van der Waals surface area contributed by atoms with Crippen molar-refractivity contribution >= 4 is 46.4 Å². The van der Waals surface area contributed by atoms with E-state index >= 15 is 0 Å². The van der Waals surface area contributed by atoms with Crippen molar-refractivity contribution < 1.29 is 4.79 Å². The van der Waals surface area contributed by atoms with Crippen molar-refractivity contribution in [2.75, 3.05) is 5.75 Å². The van der Waals surface area contributed by atoms with Crippen molar-refractivity contribution in [2.24, 2.45) is 5.10 Å². The average Bonchev–Trinajstić information content (AvgIpc) is 3.13. The normalized spacial score (nSPS) is 11.3. The van der Waals surface area contributed by atoms with E-state index in [1.165, 1.54) is 18.0 Å². The monoisotopic (exact) mass is 436 g/mol. The van der Waals surface area contributed by atoms with Crippen molar-refractivity contribution in [3.05, 3.63) is 77.2 Å². The first-order chi connectivity index (χ1) is 14.6. The fraction of sp³-hybridized carbons (Fsp3) is 0.0952. The third-order valence-electron chi connectivity index (χ3n) is 4.24. The lowest BCUT2D eigenvalue weighted by Crippen LogP contribution is -2.20. The molecule has 0 aliphatic rings. The van der Waals surface area contributed by atoms with Crippen LogP contribution in [0.5, 0.6) is 0 Å². The van der Waals surface area contributed by atoms with Gasteiger partial charge in [0.1, 0.15) is 11.0 Å². The van der Waals surface area contributed by atoms with Crippen LogP contribution in [0.4, 0.5) is 0 Å². The van der Waals surface area contributed by atoms with Crippen molar-refractivity contribution in [2.45, 2.75) is 12.1 Å². The summed E-state index contributed by atoms with van der Waals surface area (Å²) in [5, 5.41) is 14.2. The standard InChI is InChI=1S/C21H17ClN6OS/c1-14-25-27-21(28(14)17-8-3-2-4-9-17)30-13-19(29)26-23-12-16-11-15-7-5-6-10-18(15)24-20(16)22/h2-12H,13H2,1H3,(H,26,29). The molecule has 30 heavy (non-hydrogen) atoms. The maximum atomic E-state index is 12.2. The molecular formula is C21H17ClN6OS. The van der Waals surface area contributed by atoms with Crippen LogP contribution in [0, 0.1) is 6.92 Å². The Morgan fingerprint density at radius 3 is 2.77 bits per heavy atom. The third kappa shape index (κ3) is 4.50. The Kier molecular flexibility index (Phi) is 6.06. The molecule has 2 aromatic carbocycles. The first-order valence-electron chi connectivity index (χ1n) is 9.09. The molecule has 4 aromatic rings. The van der Waals surface area contributed by atoms with Gasteiger partial charge in [-0.3, -0.25) is 9.36 Å². The number of amides is 1. The van der Waals surface area contributed by atoms with Crippen LogP contribution in [0.15, 0.2) is 70.9 Å². The molecule has 0 radical (unpaired) electrons. The van der Waals surface area contributed by atoms with Gasteiger partial charge in [-0.2, -0.15) is 5.10 Å². The molecule has 9 heteroatoms. The van der Waals surface area contributed by atoms with E-state index in [0.717, 1.165) is 22.4 Å². The third-order valence-corrected chi connectivity index (χ3v) is 5.47. The number of fused-ring (bicyclic) bond motifs is 1. The number of benzene rings is 2. The predicted octanol–water partition coefficient (Wildman–Crippen LogP) is 4.02. The van der Waals surface area contributed by atoms with Crippen molar-refractivity contribution in [1.82, 2.24) is 25.2 Å². The molecule has 2 heterocycles. The van der Waals surface area contributed by atoms with E-state index < -0.39 is 0 Å². The molecule has 0 saturated heterocycles. The Morgan fingerprint density at radius 2 is 1.93 bits per heavy atom.